The molecule has 3 aromatic carbocycles. The van der Waals surface area contributed by atoms with E-state index < -0.39 is 23.0 Å². The maximum absolute atomic E-state index is 13.9. The van der Waals surface area contributed by atoms with Crippen LogP contribution in [-0.4, -0.2) is 30.2 Å². The second kappa shape index (κ2) is 11.0. The highest BCUT2D eigenvalue weighted by atomic mass is 32.1. The first-order valence-corrected chi connectivity index (χ1v) is 12.3. The van der Waals surface area contributed by atoms with E-state index >= 15 is 0 Å². The van der Waals surface area contributed by atoms with E-state index in [9.17, 15) is 18.4 Å². The van der Waals surface area contributed by atoms with Crippen molar-refractivity contribution in [2.75, 3.05) is 24.7 Å². The van der Waals surface area contributed by atoms with Gasteiger partial charge in [-0.25, -0.2) is 8.78 Å². The number of hydrogen-bond donors (Lipinski definition) is 1. The van der Waals surface area contributed by atoms with Crippen LogP contribution in [0.15, 0.2) is 70.5 Å². The molecule has 0 unspecified atom stereocenters. The van der Waals surface area contributed by atoms with Crippen LogP contribution in [0, 0.1) is 11.6 Å². The van der Waals surface area contributed by atoms with Gasteiger partial charge in [0.05, 0.1) is 24.4 Å². The fourth-order valence-corrected chi connectivity index (χ4v) is 4.36. The summed E-state index contributed by atoms with van der Waals surface area (Å²) in [6, 6.07) is 13.1. The number of pyridine rings is 1. The van der Waals surface area contributed by atoms with Gasteiger partial charge in [0.15, 0.2) is 0 Å². The van der Waals surface area contributed by atoms with Crippen LogP contribution in [0.1, 0.15) is 31.1 Å². The highest BCUT2D eigenvalue weighted by Crippen LogP contribution is 2.29. The van der Waals surface area contributed by atoms with Gasteiger partial charge in [-0.05, 0) is 51.1 Å². The Morgan fingerprint density at radius 1 is 0.919 bits per heavy atom. The molecule has 0 spiro atoms. The van der Waals surface area contributed by atoms with Crippen LogP contribution >= 0.6 is 12.6 Å². The molecule has 9 heteroatoms. The molecule has 0 saturated carbocycles. The number of carbonyl (C=O) groups excluding carboxylic acids is 1. The minimum atomic E-state index is -0.824. The third-order valence-electron chi connectivity index (χ3n) is 5.70. The Kier molecular flexibility index (Phi) is 7.83. The van der Waals surface area contributed by atoms with Crippen molar-refractivity contribution in [1.82, 2.24) is 4.57 Å². The molecule has 0 atom stereocenters. The van der Waals surface area contributed by atoms with E-state index in [4.69, 9.17) is 9.47 Å². The first kappa shape index (κ1) is 26.2. The van der Waals surface area contributed by atoms with Crippen LogP contribution < -0.4 is 19.8 Å². The van der Waals surface area contributed by atoms with E-state index in [0.717, 1.165) is 23.1 Å². The van der Waals surface area contributed by atoms with Crippen molar-refractivity contribution in [2.45, 2.75) is 25.7 Å². The van der Waals surface area contributed by atoms with Gasteiger partial charge in [-0.1, -0.05) is 0 Å². The number of ether oxygens (including phenoxy) is 2. The number of nitrogens with zero attached hydrogens (tertiary/aromatic N) is 2. The van der Waals surface area contributed by atoms with Gasteiger partial charge in [0.1, 0.15) is 28.7 Å². The number of rotatable bonds is 8. The molecule has 0 aliphatic rings. The van der Waals surface area contributed by atoms with Crippen molar-refractivity contribution in [1.29, 1.82) is 0 Å². The van der Waals surface area contributed by atoms with E-state index in [-0.39, 0.29) is 23.2 Å². The zero-order chi connectivity index (χ0) is 26.7. The third kappa shape index (κ3) is 5.46. The van der Waals surface area contributed by atoms with E-state index in [2.05, 4.69) is 12.6 Å². The third-order valence-corrected chi connectivity index (χ3v) is 5.98. The maximum atomic E-state index is 13.9. The Balaban J connectivity index is 1.97. The summed E-state index contributed by atoms with van der Waals surface area (Å²) in [4.78, 5) is 28.9. The van der Waals surface area contributed by atoms with Gasteiger partial charge in [-0.3, -0.25) is 9.59 Å². The first-order valence-electron chi connectivity index (χ1n) is 11.8. The molecular formula is C28H26F2N2O4S. The number of hydrogen-bond acceptors (Lipinski definition) is 5. The molecule has 0 bridgehead atoms. The molecule has 4 rings (SSSR count). The molecule has 4 aromatic rings. The molecular weight excluding hydrogens is 498 g/mol. The van der Waals surface area contributed by atoms with Crippen LogP contribution in [0.4, 0.5) is 14.5 Å². The normalized spacial score (nSPS) is 11.0. The number of thiol groups is 1. The van der Waals surface area contributed by atoms with Crippen molar-refractivity contribution in [3.05, 3.63) is 88.2 Å². The van der Waals surface area contributed by atoms with Gasteiger partial charge in [0.2, 0.25) is 5.43 Å². The average molecular weight is 525 g/mol. The standard InChI is InChI=1S/C28H26F2N2O4S/c1-4-31(19-10-17(29)9-18(30)11-19)28(34)25-16-32(26-15-23(37)7-8-24(26)27(25)33)20-12-21(35-5-2)14-22(13-20)36-6-3/h7-16,37H,4-6H2,1-3H3. The summed E-state index contributed by atoms with van der Waals surface area (Å²) < 4.78 is 41.0. The summed E-state index contributed by atoms with van der Waals surface area (Å²) in [5.74, 6) is -1.23. The lowest BCUT2D eigenvalue weighted by atomic mass is 10.1. The minimum Gasteiger partial charge on any atom is -0.494 e. The van der Waals surface area contributed by atoms with Gasteiger partial charge in [0.25, 0.3) is 5.91 Å². The molecule has 0 aliphatic carbocycles. The van der Waals surface area contributed by atoms with Crippen LogP contribution in [0.5, 0.6) is 11.5 Å². The lowest BCUT2D eigenvalue weighted by Gasteiger charge is -2.22. The van der Waals surface area contributed by atoms with Crippen molar-refractivity contribution in [2.24, 2.45) is 0 Å². The van der Waals surface area contributed by atoms with E-state index in [1.807, 2.05) is 13.8 Å². The van der Waals surface area contributed by atoms with Crippen molar-refractivity contribution >= 4 is 35.1 Å². The summed E-state index contributed by atoms with van der Waals surface area (Å²) in [6.45, 7) is 6.33. The van der Waals surface area contributed by atoms with Crippen molar-refractivity contribution in [3.8, 4) is 17.2 Å². The van der Waals surface area contributed by atoms with Crippen LogP contribution in [0.2, 0.25) is 0 Å². The minimum absolute atomic E-state index is 0.0127. The summed E-state index contributed by atoms with van der Waals surface area (Å²) >= 11 is 4.43. The first-order chi connectivity index (χ1) is 17.7. The highest BCUT2D eigenvalue weighted by molar-refractivity contribution is 7.80. The second-order valence-electron chi connectivity index (χ2n) is 8.15. The monoisotopic (exact) mass is 524 g/mol. The maximum Gasteiger partial charge on any atom is 0.263 e. The van der Waals surface area contributed by atoms with E-state index in [0.29, 0.717) is 40.8 Å². The number of benzene rings is 3. The van der Waals surface area contributed by atoms with E-state index in [1.165, 1.54) is 6.20 Å². The smallest absolute Gasteiger partial charge is 0.263 e. The summed E-state index contributed by atoms with van der Waals surface area (Å²) in [5.41, 5.74) is 0.451. The Bertz CT molecular complexity index is 1490. The zero-order valence-electron chi connectivity index (χ0n) is 20.6. The van der Waals surface area contributed by atoms with Gasteiger partial charge in [-0.2, -0.15) is 0 Å². The molecule has 1 aromatic heterocycles. The number of amides is 1. The Morgan fingerprint density at radius 3 is 2.11 bits per heavy atom. The Morgan fingerprint density at radius 2 is 1.54 bits per heavy atom. The SMILES string of the molecule is CCOc1cc(OCC)cc(-n2cc(C(=O)N(CC)c3cc(F)cc(F)c3)c(=O)c3ccc(S)cc32)c1. The molecule has 1 amide bonds. The van der Waals surface area contributed by atoms with Crippen molar-refractivity contribution in [3.63, 3.8) is 0 Å². The highest BCUT2D eigenvalue weighted by Gasteiger charge is 2.23. The quantitative estimate of drug-likeness (QED) is 0.286. The average Bonchev–Trinajstić information content (AvgIpc) is 2.84. The molecule has 0 N–H and O–H groups in total. The number of halogens is 2. The second-order valence-corrected chi connectivity index (χ2v) is 8.67. The van der Waals surface area contributed by atoms with Crippen LogP contribution in [-0.2, 0) is 0 Å². The van der Waals surface area contributed by atoms with Crippen molar-refractivity contribution < 1.29 is 23.0 Å². The Hall–Kier alpha value is -3.85. The Labute approximate surface area is 218 Å². The summed E-state index contributed by atoms with van der Waals surface area (Å²) in [6.07, 6.45) is 1.43. The predicted molar refractivity (Wildman–Crippen MR) is 143 cm³/mol. The van der Waals surface area contributed by atoms with Gasteiger partial charge >= 0.3 is 0 Å². The fraction of sp³-hybridized carbons (Fsp3) is 0.214. The van der Waals surface area contributed by atoms with E-state index in [1.54, 1.807) is 47.9 Å². The van der Waals surface area contributed by atoms with Gasteiger partial charge < -0.3 is 18.9 Å². The largest absolute Gasteiger partial charge is 0.494 e. The fourth-order valence-electron chi connectivity index (χ4n) is 4.16. The number of fused-ring (bicyclic) bond motifs is 1. The molecule has 37 heavy (non-hydrogen) atoms. The molecule has 6 nitrogen and oxygen atoms in total. The predicted octanol–water partition coefficient (Wildman–Crippen LogP) is 6.02. The molecule has 0 aliphatic heterocycles. The number of aromatic nitrogens is 1. The lowest BCUT2D eigenvalue weighted by Crippen LogP contribution is -2.35. The summed E-state index contributed by atoms with van der Waals surface area (Å²) in [7, 11) is 0. The number of anilines is 1. The molecule has 0 saturated heterocycles. The lowest BCUT2D eigenvalue weighted by molar-refractivity contribution is 0.0987. The zero-order valence-corrected chi connectivity index (χ0v) is 21.5. The molecule has 1 heterocycles. The van der Waals surface area contributed by atoms with Gasteiger partial charge in [0, 0.05) is 53.0 Å². The molecule has 192 valence electrons. The topological polar surface area (TPSA) is 60.8 Å². The number of carbonyl (C=O) groups is 1. The van der Waals surface area contributed by atoms with Crippen LogP contribution in [0.3, 0.4) is 0 Å². The summed E-state index contributed by atoms with van der Waals surface area (Å²) in [5, 5.41) is 0.282. The van der Waals surface area contributed by atoms with Gasteiger partial charge in [-0.15, -0.1) is 12.6 Å². The molecule has 0 fully saturated rings. The molecule has 0 radical (unpaired) electrons. The van der Waals surface area contributed by atoms with Crippen LogP contribution in [0.25, 0.3) is 16.6 Å².